The normalized spacial score (nSPS) is 28.9. The Morgan fingerprint density at radius 3 is 2.54 bits per heavy atom. The second-order valence-corrected chi connectivity index (χ2v) is 9.04. The summed E-state index contributed by atoms with van der Waals surface area (Å²) in [5.74, 6) is 2.24. The van der Waals surface area contributed by atoms with Crippen molar-refractivity contribution in [3.63, 3.8) is 0 Å². The molecule has 28 heavy (non-hydrogen) atoms. The first-order chi connectivity index (χ1) is 13.5. The third kappa shape index (κ3) is 3.43. The van der Waals surface area contributed by atoms with E-state index in [0.717, 1.165) is 31.5 Å². The van der Waals surface area contributed by atoms with Gasteiger partial charge in [-0.15, -0.1) is 0 Å². The van der Waals surface area contributed by atoms with Gasteiger partial charge in [-0.1, -0.05) is 40.0 Å². The van der Waals surface area contributed by atoms with Crippen molar-refractivity contribution in [3.8, 4) is 0 Å². The fraction of sp³-hybridized carbons (Fsp3) is 0.682. The van der Waals surface area contributed by atoms with Crippen LogP contribution in [0.5, 0.6) is 0 Å². The molecule has 2 saturated carbocycles. The standard InChI is InChI=1S/C22H30N4O2/c1-13-10-14(2)19(15(3)11-13)28-22(27)18-17(23-4)12-26-21(18)24-20(25-26)16-8-6-5-7-9-16/h12-16,19H,5-11H2,1-3H3,(H,24,25). The molecule has 1 N–H and O–H groups in total. The van der Waals surface area contributed by atoms with Crippen molar-refractivity contribution in [1.82, 2.24) is 14.6 Å². The quantitative estimate of drug-likeness (QED) is 0.564. The molecule has 0 spiro atoms. The minimum Gasteiger partial charge on any atom is -0.459 e. The number of nitrogens with zero attached hydrogens (tertiary/aromatic N) is 3. The largest absolute Gasteiger partial charge is 0.459 e. The number of aromatic nitrogens is 3. The smallest absolute Gasteiger partial charge is 0.331 e. The van der Waals surface area contributed by atoms with Crippen molar-refractivity contribution in [1.29, 1.82) is 0 Å². The number of esters is 1. The highest BCUT2D eigenvalue weighted by Crippen LogP contribution is 2.37. The van der Waals surface area contributed by atoms with E-state index < -0.39 is 5.97 Å². The van der Waals surface area contributed by atoms with Gasteiger partial charge in [-0.2, -0.15) is 0 Å². The minimum atomic E-state index is -0.409. The summed E-state index contributed by atoms with van der Waals surface area (Å²) in [5, 5.41) is 3.30. The van der Waals surface area contributed by atoms with Gasteiger partial charge in [-0.3, -0.25) is 9.61 Å². The van der Waals surface area contributed by atoms with Gasteiger partial charge in [-0.25, -0.2) is 14.6 Å². The third-order valence-corrected chi connectivity index (χ3v) is 6.65. The molecule has 6 heteroatoms. The molecule has 2 atom stereocenters. The Kier molecular flexibility index (Phi) is 5.18. The number of ether oxygens (including phenoxy) is 1. The molecule has 2 aliphatic carbocycles. The molecule has 0 radical (unpaired) electrons. The topological polar surface area (TPSA) is 63.8 Å². The Labute approximate surface area is 166 Å². The second kappa shape index (κ2) is 7.62. The molecule has 2 aliphatic rings. The Morgan fingerprint density at radius 2 is 1.89 bits per heavy atom. The van der Waals surface area contributed by atoms with Crippen molar-refractivity contribution in [2.45, 2.75) is 77.7 Å². The summed E-state index contributed by atoms with van der Waals surface area (Å²) < 4.78 is 7.69. The number of carbonyl (C=O) groups is 1. The molecule has 2 heterocycles. The van der Waals surface area contributed by atoms with Gasteiger partial charge in [0.15, 0.2) is 5.65 Å². The Balaban J connectivity index is 1.62. The molecule has 150 valence electrons. The summed E-state index contributed by atoms with van der Waals surface area (Å²) in [7, 11) is 0. The number of H-pyrrole nitrogens is 1. The zero-order valence-corrected chi connectivity index (χ0v) is 17.1. The highest BCUT2D eigenvalue weighted by Gasteiger charge is 2.35. The fourth-order valence-electron chi connectivity index (χ4n) is 5.39. The van der Waals surface area contributed by atoms with Crippen molar-refractivity contribution < 1.29 is 9.53 Å². The molecule has 0 saturated heterocycles. The number of rotatable bonds is 3. The number of hydrogen-bond donors (Lipinski definition) is 1. The third-order valence-electron chi connectivity index (χ3n) is 6.65. The molecule has 2 fully saturated rings. The monoisotopic (exact) mass is 382 g/mol. The molecule has 2 aromatic heterocycles. The first kappa shape index (κ1) is 19.0. The first-order valence-electron chi connectivity index (χ1n) is 10.7. The Bertz CT molecular complexity index is 888. The summed E-state index contributed by atoms with van der Waals surface area (Å²) in [5.41, 5.74) is 1.15. The van der Waals surface area contributed by atoms with Crippen LogP contribution in [0.3, 0.4) is 0 Å². The SMILES string of the molecule is [C-]#[N+]c1cn2[nH]c(C3CCCCC3)nc2c1C(=O)OC1C(C)CC(C)CC1C. The van der Waals surface area contributed by atoms with Crippen molar-refractivity contribution >= 4 is 17.3 Å². The zero-order valence-electron chi connectivity index (χ0n) is 17.1. The van der Waals surface area contributed by atoms with Crippen LogP contribution in [-0.2, 0) is 4.74 Å². The molecule has 0 aliphatic heterocycles. The molecule has 0 aromatic carbocycles. The lowest BCUT2D eigenvalue weighted by Gasteiger charge is -2.37. The number of nitrogens with one attached hydrogen (secondary N) is 1. The van der Waals surface area contributed by atoms with Gasteiger partial charge >= 0.3 is 5.97 Å². The van der Waals surface area contributed by atoms with Crippen LogP contribution < -0.4 is 0 Å². The lowest BCUT2D eigenvalue weighted by Crippen LogP contribution is -2.37. The van der Waals surface area contributed by atoms with Crippen molar-refractivity contribution in [2.24, 2.45) is 17.8 Å². The second-order valence-electron chi connectivity index (χ2n) is 9.04. The van der Waals surface area contributed by atoms with E-state index in [1.807, 2.05) is 0 Å². The predicted octanol–water partition coefficient (Wildman–Crippen LogP) is 5.49. The molecule has 0 bridgehead atoms. The first-order valence-corrected chi connectivity index (χ1v) is 10.7. The molecule has 6 nitrogen and oxygen atoms in total. The van der Waals surface area contributed by atoms with Crippen molar-refractivity contribution in [3.05, 3.63) is 29.0 Å². The molecule has 2 unspecified atom stereocenters. The number of hydrogen-bond acceptors (Lipinski definition) is 3. The van der Waals surface area contributed by atoms with Crippen LogP contribution in [0.2, 0.25) is 0 Å². The van der Waals surface area contributed by atoms with E-state index >= 15 is 0 Å². The van der Waals surface area contributed by atoms with E-state index in [0.29, 0.717) is 40.6 Å². The fourth-order valence-corrected chi connectivity index (χ4v) is 5.39. The maximum Gasteiger partial charge on any atom is 0.331 e. The van der Waals surface area contributed by atoms with Gasteiger partial charge in [0, 0.05) is 12.1 Å². The Hall–Kier alpha value is -2.29. The van der Waals surface area contributed by atoms with Crippen LogP contribution in [0.25, 0.3) is 10.5 Å². The number of aromatic amines is 1. The van der Waals surface area contributed by atoms with Crippen molar-refractivity contribution in [2.75, 3.05) is 0 Å². The van der Waals surface area contributed by atoms with E-state index in [2.05, 4.69) is 30.7 Å². The van der Waals surface area contributed by atoms with Gasteiger partial charge < -0.3 is 4.74 Å². The van der Waals surface area contributed by atoms with Crippen LogP contribution >= 0.6 is 0 Å². The molecular weight excluding hydrogens is 352 g/mol. The summed E-state index contributed by atoms with van der Waals surface area (Å²) in [6, 6.07) is 0. The van der Waals surface area contributed by atoms with E-state index in [-0.39, 0.29) is 6.10 Å². The van der Waals surface area contributed by atoms with Crippen LogP contribution in [0, 0.1) is 24.3 Å². The molecular formula is C22H30N4O2. The highest BCUT2D eigenvalue weighted by molar-refractivity contribution is 6.02. The van der Waals surface area contributed by atoms with Crippen LogP contribution in [0.1, 0.15) is 87.8 Å². The molecule has 4 rings (SSSR count). The average Bonchev–Trinajstić information content (AvgIpc) is 3.22. The number of fused-ring (bicyclic) bond motifs is 1. The lowest BCUT2D eigenvalue weighted by molar-refractivity contribution is -0.0249. The van der Waals surface area contributed by atoms with Crippen LogP contribution in [0.15, 0.2) is 6.20 Å². The summed E-state index contributed by atoms with van der Waals surface area (Å²) in [6.07, 6.45) is 9.68. The summed E-state index contributed by atoms with van der Waals surface area (Å²) in [4.78, 5) is 21.4. The summed E-state index contributed by atoms with van der Waals surface area (Å²) in [6.45, 7) is 14.1. The van der Waals surface area contributed by atoms with Crippen LogP contribution in [-0.4, -0.2) is 26.7 Å². The van der Waals surface area contributed by atoms with E-state index in [4.69, 9.17) is 16.3 Å². The lowest BCUT2D eigenvalue weighted by atomic mass is 9.75. The van der Waals surface area contributed by atoms with E-state index in [1.54, 1.807) is 10.7 Å². The van der Waals surface area contributed by atoms with Gasteiger partial charge in [0.05, 0.1) is 6.57 Å². The maximum absolute atomic E-state index is 13.1. The Morgan fingerprint density at radius 1 is 1.21 bits per heavy atom. The minimum absolute atomic E-state index is 0.103. The molecule has 2 aromatic rings. The maximum atomic E-state index is 13.1. The average molecular weight is 383 g/mol. The van der Waals surface area contributed by atoms with Gasteiger partial charge in [-0.05, 0) is 43.4 Å². The van der Waals surface area contributed by atoms with Gasteiger partial charge in [0.2, 0.25) is 5.69 Å². The van der Waals surface area contributed by atoms with E-state index in [1.165, 1.54) is 19.3 Å². The van der Waals surface area contributed by atoms with E-state index in [9.17, 15) is 4.79 Å². The highest BCUT2D eigenvalue weighted by atomic mass is 16.5. The zero-order chi connectivity index (χ0) is 19.8. The van der Waals surface area contributed by atoms with Crippen LogP contribution in [0.4, 0.5) is 5.69 Å². The predicted molar refractivity (Wildman–Crippen MR) is 108 cm³/mol. The number of carbonyl (C=O) groups excluding carboxylic acids is 1. The van der Waals surface area contributed by atoms with Gasteiger partial charge in [0.25, 0.3) is 0 Å². The van der Waals surface area contributed by atoms with Gasteiger partial charge in [0.1, 0.15) is 17.5 Å². The molecule has 0 amide bonds. The summed E-state index contributed by atoms with van der Waals surface area (Å²) >= 11 is 0.